The Balaban J connectivity index is 1.78. The van der Waals surface area contributed by atoms with Crippen molar-refractivity contribution < 1.29 is 0 Å². The van der Waals surface area contributed by atoms with Crippen LogP contribution in [0.3, 0.4) is 0 Å². The molecule has 0 bridgehead atoms. The van der Waals surface area contributed by atoms with E-state index in [4.69, 9.17) is 0 Å². The molecule has 0 saturated carbocycles. The Bertz CT molecular complexity index is 786. The van der Waals surface area contributed by atoms with E-state index in [0.29, 0.717) is 0 Å². The molecular weight excluding hydrogens is 270 g/mol. The smallest absolute Gasteiger partial charge is 0.138 e. The summed E-state index contributed by atoms with van der Waals surface area (Å²) in [6.07, 6.45) is 2.92. The molecule has 0 fully saturated rings. The van der Waals surface area contributed by atoms with Crippen LogP contribution in [-0.2, 0) is 0 Å². The fourth-order valence-electron chi connectivity index (χ4n) is 2.43. The standard InChI is InChI=1S/C19H19N3/c1-3-13-22(2)18-10-7-15(8-11-18)6-9-17-14-16-5-4-12-20-19(16)21-17/h4-5,7-8,10-12,14H,3,13H2,1-2H3,(H,20,21). The maximum Gasteiger partial charge on any atom is 0.138 e. The highest BCUT2D eigenvalue weighted by atomic mass is 15.1. The second kappa shape index (κ2) is 6.36. The van der Waals surface area contributed by atoms with Gasteiger partial charge in [-0.1, -0.05) is 12.8 Å². The molecule has 0 saturated heterocycles. The minimum absolute atomic E-state index is 0.878. The number of hydrogen-bond acceptors (Lipinski definition) is 2. The Hall–Kier alpha value is -2.73. The average Bonchev–Trinajstić information content (AvgIpc) is 2.96. The van der Waals surface area contributed by atoms with Crippen molar-refractivity contribution in [3.05, 3.63) is 59.9 Å². The van der Waals surface area contributed by atoms with Crippen molar-refractivity contribution in [3.63, 3.8) is 0 Å². The summed E-state index contributed by atoms with van der Waals surface area (Å²) in [7, 11) is 2.11. The van der Waals surface area contributed by atoms with Crippen molar-refractivity contribution in [1.29, 1.82) is 0 Å². The van der Waals surface area contributed by atoms with Gasteiger partial charge in [0.1, 0.15) is 5.65 Å². The number of anilines is 1. The van der Waals surface area contributed by atoms with E-state index in [1.807, 2.05) is 18.2 Å². The number of rotatable bonds is 3. The molecule has 0 aliphatic rings. The Labute approximate surface area is 131 Å². The predicted octanol–water partition coefficient (Wildman–Crippen LogP) is 3.81. The van der Waals surface area contributed by atoms with Crippen molar-refractivity contribution in [1.82, 2.24) is 9.97 Å². The zero-order valence-corrected chi connectivity index (χ0v) is 12.9. The molecule has 3 rings (SSSR count). The van der Waals surface area contributed by atoms with Gasteiger partial charge in [-0.2, -0.15) is 0 Å². The van der Waals surface area contributed by atoms with E-state index in [-0.39, 0.29) is 0 Å². The molecule has 1 aromatic carbocycles. The molecule has 110 valence electrons. The summed E-state index contributed by atoms with van der Waals surface area (Å²) in [6.45, 7) is 3.25. The van der Waals surface area contributed by atoms with Gasteiger partial charge in [0.05, 0.1) is 5.69 Å². The minimum atomic E-state index is 0.878. The van der Waals surface area contributed by atoms with Gasteiger partial charge in [0, 0.05) is 36.4 Å². The van der Waals surface area contributed by atoms with E-state index >= 15 is 0 Å². The van der Waals surface area contributed by atoms with E-state index < -0.39 is 0 Å². The van der Waals surface area contributed by atoms with Crippen LogP contribution in [0.25, 0.3) is 11.0 Å². The lowest BCUT2D eigenvalue weighted by Crippen LogP contribution is -2.17. The molecule has 22 heavy (non-hydrogen) atoms. The van der Waals surface area contributed by atoms with Crippen LogP contribution in [0.4, 0.5) is 5.69 Å². The van der Waals surface area contributed by atoms with Crippen molar-refractivity contribution in [2.24, 2.45) is 0 Å². The lowest BCUT2D eigenvalue weighted by Gasteiger charge is -2.17. The first-order valence-corrected chi connectivity index (χ1v) is 7.53. The van der Waals surface area contributed by atoms with E-state index in [2.05, 4.69) is 64.9 Å². The van der Waals surface area contributed by atoms with Crippen LogP contribution in [0.5, 0.6) is 0 Å². The molecule has 0 spiro atoms. The van der Waals surface area contributed by atoms with Crippen LogP contribution < -0.4 is 4.90 Å². The number of nitrogens with zero attached hydrogens (tertiary/aromatic N) is 2. The third-order valence-corrected chi connectivity index (χ3v) is 3.60. The first-order chi connectivity index (χ1) is 10.8. The molecule has 0 unspecified atom stereocenters. The van der Waals surface area contributed by atoms with Crippen molar-refractivity contribution in [2.75, 3.05) is 18.5 Å². The van der Waals surface area contributed by atoms with Gasteiger partial charge in [0.25, 0.3) is 0 Å². The number of aromatic amines is 1. The van der Waals surface area contributed by atoms with Gasteiger partial charge >= 0.3 is 0 Å². The summed E-state index contributed by atoms with van der Waals surface area (Å²) in [5.41, 5.74) is 4.01. The van der Waals surface area contributed by atoms with Gasteiger partial charge in [-0.15, -0.1) is 0 Å². The van der Waals surface area contributed by atoms with Gasteiger partial charge in [0.2, 0.25) is 0 Å². The monoisotopic (exact) mass is 289 g/mol. The van der Waals surface area contributed by atoms with Crippen molar-refractivity contribution in [3.8, 4) is 11.8 Å². The lowest BCUT2D eigenvalue weighted by atomic mass is 10.2. The number of hydrogen-bond donors (Lipinski definition) is 1. The van der Waals surface area contributed by atoms with Gasteiger partial charge in [-0.05, 0) is 54.8 Å². The summed E-state index contributed by atoms with van der Waals surface area (Å²) >= 11 is 0. The predicted molar refractivity (Wildman–Crippen MR) is 92.1 cm³/mol. The Morgan fingerprint density at radius 1 is 1.14 bits per heavy atom. The lowest BCUT2D eigenvalue weighted by molar-refractivity contribution is 0.852. The maximum absolute atomic E-state index is 4.28. The highest BCUT2D eigenvalue weighted by Crippen LogP contribution is 2.14. The Morgan fingerprint density at radius 3 is 2.68 bits per heavy atom. The molecule has 3 aromatic rings. The number of benzene rings is 1. The molecule has 2 heterocycles. The molecule has 0 radical (unpaired) electrons. The molecule has 3 nitrogen and oxygen atoms in total. The number of fused-ring (bicyclic) bond motifs is 1. The Kier molecular flexibility index (Phi) is 4.11. The molecule has 1 N–H and O–H groups in total. The number of aromatic nitrogens is 2. The van der Waals surface area contributed by atoms with E-state index in [9.17, 15) is 0 Å². The SMILES string of the molecule is CCCN(C)c1ccc(C#Cc2cc3cccnc3[nH]2)cc1. The van der Waals surface area contributed by atoms with Crippen molar-refractivity contribution in [2.45, 2.75) is 13.3 Å². The minimum Gasteiger partial charge on any atom is -0.375 e. The number of H-pyrrole nitrogens is 1. The normalized spacial score (nSPS) is 10.3. The summed E-state index contributed by atoms with van der Waals surface area (Å²) in [5.74, 6) is 6.36. The molecule has 2 aromatic heterocycles. The molecule has 3 heteroatoms. The summed E-state index contributed by atoms with van der Waals surface area (Å²) in [5, 5.41) is 1.09. The summed E-state index contributed by atoms with van der Waals surface area (Å²) in [6, 6.07) is 14.4. The van der Waals surface area contributed by atoms with Crippen molar-refractivity contribution >= 4 is 16.7 Å². The van der Waals surface area contributed by atoms with Crippen LogP contribution in [-0.4, -0.2) is 23.6 Å². The Morgan fingerprint density at radius 2 is 1.95 bits per heavy atom. The third kappa shape index (κ3) is 3.12. The van der Waals surface area contributed by atoms with E-state index in [1.165, 1.54) is 5.69 Å². The first-order valence-electron chi connectivity index (χ1n) is 7.53. The second-order valence-electron chi connectivity index (χ2n) is 5.34. The third-order valence-electron chi connectivity index (χ3n) is 3.60. The van der Waals surface area contributed by atoms with Crippen LogP contribution in [0.2, 0.25) is 0 Å². The highest BCUT2D eigenvalue weighted by molar-refractivity contribution is 5.77. The topological polar surface area (TPSA) is 31.9 Å². The highest BCUT2D eigenvalue weighted by Gasteiger charge is 1.99. The number of pyridine rings is 1. The fraction of sp³-hybridized carbons (Fsp3) is 0.211. The quantitative estimate of drug-likeness (QED) is 0.744. The summed E-state index contributed by atoms with van der Waals surface area (Å²) in [4.78, 5) is 9.75. The zero-order valence-electron chi connectivity index (χ0n) is 12.9. The van der Waals surface area contributed by atoms with Gasteiger partial charge in [-0.25, -0.2) is 4.98 Å². The maximum atomic E-state index is 4.28. The fourth-order valence-corrected chi connectivity index (χ4v) is 2.43. The van der Waals surface area contributed by atoms with Crippen LogP contribution >= 0.6 is 0 Å². The largest absolute Gasteiger partial charge is 0.375 e. The van der Waals surface area contributed by atoms with E-state index in [0.717, 1.165) is 35.3 Å². The average molecular weight is 289 g/mol. The molecule has 0 atom stereocenters. The molecular formula is C19H19N3. The van der Waals surface area contributed by atoms with Gasteiger partial charge in [0.15, 0.2) is 0 Å². The molecule has 0 aliphatic carbocycles. The first kappa shape index (κ1) is 14.2. The molecule has 0 aliphatic heterocycles. The second-order valence-corrected chi connectivity index (χ2v) is 5.34. The van der Waals surface area contributed by atoms with Gasteiger partial charge in [-0.3, -0.25) is 0 Å². The zero-order chi connectivity index (χ0) is 15.4. The van der Waals surface area contributed by atoms with Crippen LogP contribution in [0.1, 0.15) is 24.6 Å². The summed E-state index contributed by atoms with van der Waals surface area (Å²) < 4.78 is 0. The van der Waals surface area contributed by atoms with Crippen LogP contribution in [0.15, 0.2) is 48.7 Å². The number of nitrogens with one attached hydrogen (secondary N) is 1. The molecule has 0 amide bonds. The van der Waals surface area contributed by atoms with Gasteiger partial charge < -0.3 is 9.88 Å². The van der Waals surface area contributed by atoms with Crippen LogP contribution in [0, 0.1) is 11.8 Å². The van der Waals surface area contributed by atoms with E-state index in [1.54, 1.807) is 6.20 Å².